The maximum absolute atomic E-state index is 13.0. The number of hydrogen-bond donors (Lipinski definition) is 0. The molecule has 0 aliphatic carbocycles. The Hall–Kier alpha value is -1.98. The first-order chi connectivity index (χ1) is 11.4. The van der Waals surface area contributed by atoms with Crippen molar-refractivity contribution < 1.29 is 13.2 Å². The van der Waals surface area contributed by atoms with Crippen LogP contribution in [0.4, 0.5) is 0 Å². The van der Waals surface area contributed by atoms with Gasteiger partial charge in [0.15, 0.2) is 5.78 Å². The van der Waals surface area contributed by atoms with Gasteiger partial charge in [-0.1, -0.05) is 36.4 Å². The number of Topliss-reactive ketones (excluding diaryl/α,β-unsaturated/α-hetero) is 1. The van der Waals surface area contributed by atoms with Crippen LogP contribution in [0.3, 0.4) is 0 Å². The van der Waals surface area contributed by atoms with Crippen molar-refractivity contribution in [3.63, 3.8) is 0 Å². The SMILES string of the molecule is Cc1ccc(S(=O)(=O)N2CCCC2C(=O)c2ccccc2)cc1C. The summed E-state index contributed by atoms with van der Waals surface area (Å²) in [5, 5.41) is 0. The van der Waals surface area contributed by atoms with Gasteiger partial charge in [0.2, 0.25) is 10.0 Å². The number of hydrogen-bond acceptors (Lipinski definition) is 3. The van der Waals surface area contributed by atoms with E-state index in [-0.39, 0.29) is 10.7 Å². The van der Waals surface area contributed by atoms with Crippen LogP contribution in [-0.2, 0) is 10.0 Å². The molecule has 0 saturated carbocycles. The van der Waals surface area contributed by atoms with E-state index in [2.05, 4.69) is 0 Å². The number of carbonyl (C=O) groups excluding carboxylic acids is 1. The number of carbonyl (C=O) groups is 1. The van der Waals surface area contributed by atoms with Crippen molar-refractivity contribution in [1.82, 2.24) is 4.31 Å². The van der Waals surface area contributed by atoms with Gasteiger partial charge in [-0.2, -0.15) is 4.31 Å². The summed E-state index contributed by atoms with van der Waals surface area (Å²) in [4.78, 5) is 13.0. The van der Waals surface area contributed by atoms with Crippen LogP contribution < -0.4 is 0 Å². The molecule has 0 radical (unpaired) electrons. The Morgan fingerprint density at radius 2 is 1.75 bits per heavy atom. The van der Waals surface area contributed by atoms with Gasteiger partial charge in [-0.05, 0) is 49.9 Å². The van der Waals surface area contributed by atoms with Crippen LogP contribution in [0.25, 0.3) is 0 Å². The Morgan fingerprint density at radius 1 is 1.04 bits per heavy atom. The van der Waals surface area contributed by atoms with Crippen molar-refractivity contribution >= 4 is 15.8 Å². The number of ketones is 1. The zero-order valence-corrected chi connectivity index (χ0v) is 14.7. The summed E-state index contributed by atoms with van der Waals surface area (Å²) in [6.07, 6.45) is 1.27. The molecule has 1 heterocycles. The van der Waals surface area contributed by atoms with Crippen LogP contribution in [0.1, 0.15) is 34.3 Å². The molecule has 1 atom stereocenters. The lowest BCUT2D eigenvalue weighted by Crippen LogP contribution is -2.40. The Morgan fingerprint density at radius 3 is 2.42 bits per heavy atom. The molecule has 1 aliphatic heterocycles. The van der Waals surface area contributed by atoms with E-state index >= 15 is 0 Å². The average Bonchev–Trinajstić information content (AvgIpc) is 3.08. The van der Waals surface area contributed by atoms with Gasteiger partial charge < -0.3 is 0 Å². The Balaban J connectivity index is 1.94. The van der Waals surface area contributed by atoms with Gasteiger partial charge in [-0.15, -0.1) is 0 Å². The summed E-state index contributed by atoms with van der Waals surface area (Å²) in [5.74, 6) is -0.125. The molecule has 24 heavy (non-hydrogen) atoms. The van der Waals surface area contributed by atoms with Crippen molar-refractivity contribution in [2.45, 2.75) is 37.6 Å². The number of rotatable bonds is 4. The third-order valence-corrected chi connectivity index (χ3v) is 6.55. The fourth-order valence-corrected chi connectivity index (χ4v) is 4.84. The standard InChI is InChI=1S/C19H21NO3S/c1-14-10-11-17(13-15(14)2)24(22,23)20-12-6-9-18(20)19(21)16-7-4-3-5-8-16/h3-5,7-8,10-11,13,18H,6,9,12H2,1-2H3. The first kappa shape index (κ1) is 16.9. The molecule has 0 spiro atoms. The molecule has 0 amide bonds. The molecule has 2 aromatic carbocycles. The van der Waals surface area contributed by atoms with E-state index in [1.807, 2.05) is 26.0 Å². The minimum atomic E-state index is -3.67. The second-order valence-electron chi connectivity index (χ2n) is 6.25. The van der Waals surface area contributed by atoms with Crippen molar-refractivity contribution in [2.75, 3.05) is 6.54 Å². The van der Waals surface area contributed by atoms with E-state index in [4.69, 9.17) is 0 Å². The van der Waals surface area contributed by atoms with Crippen LogP contribution in [-0.4, -0.2) is 31.1 Å². The van der Waals surface area contributed by atoms with E-state index in [9.17, 15) is 13.2 Å². The quantitative estimate of drug-likeness (QED) is 0.800. The summed E-state index contributed by atoms with van der Waals surface area (Å²) in [6, 6.07) is 13.4. The molecule has 0 aromatic heterocycles. The molecular weight excluding hydrogens is 322 g/mol. The largest absolute Gasteiger partial charge is 0.292 e. The van der Waals surface area contributed by atoms with Gasteiger partial charge in [-0.3, -0.25) is 4.79 Å². The molecule has 1 saturated heterocycles. The highest BCUT2D eigenvalue weighted by molar-refractivity contribution is 7.89. The first-order valence-electron chi connectivity index (χ1n) is 8.09. The monoisotopic (exact) mass is 343 g/mol. The van der Waals surface area contributed by atoms with Gasteiger partial charge >= 0.3 is 0 Å². The molecule has 126 valence electrons. The summed E-state index contributed by atoms with van der Waals surface area (Å²) in [7, 11) is -3.67. The maximum atomic E-state index is 13.0. The van der Waals surface area contributed by atoms with Crippen LogP contribution in [0.15, 0.2) is 53.4 Å². The predicted octanol–water partition coefficient (Wildman–Crippen LogP) is 3.34. The number of sulfonamides is 1. The predicted molar refractivity (Wildman–Crippen MR) is 93.6 cm³/mol. The molecule has 1 fully saturated rings. The lowest BCUT2D eigenvalue weighted by Gasteiger charge is -2.23. The highest BCUT2D eigenvalue weighted by Gasteiger charge is 2.39. The lowest BCUT2D eigenvalue weighted by atomic mass is 10.0. The smallest absolute Gasteiger partial charge is 0.243 e. The highest BCUT2D eigenvalue weighted by atomic mass is 32.2. The van der Waals surface area contributed by atoms with E-state index in [0.717, 1.165) is 11.1 Å². The fraction of sp³-hybridized carbons (Fsp3) is 0.316. The summed E-state index contributed by atoms with van der Waals surface area (Å²) in [6.45, 7) is 4.23. The Bertz CT molecular complexity index is 859. The maximum Gasteiger partial charge on any atom is 0.243 e. The highest BCUT2D eigenvalue weighted by Crippen LogP contribution is 2.29. The van der Waals surface area contributed by atoms with Gasteiger partial charge in [0, 0.05) is 12.1 Å². The van der Waals surface area contributed by atoms with Crippen molar-refractivity contribution in [2.24, 2.45) is 0 Å². The van der Waals surface area contributed by atoms with Crippen molar-refractivity contribution in [1.29, 1.82) is 0 Å². The topological polar surface area (TPSA) is 54.5 Å². The third-order valence-electron chi connectivity index (χ3n) is 4.65. The first-order valence-corrected chi connectivity index (χ1v) is 9.53. The van der Waals surface area contributed by atoms with Gasteiger partial charge in [-0.25, -0.2) is 8.42 Å². The zero-order valence-electron chi connectivity index (χ0n) is 13.9. The number of aryl methyl sites for hydroxylation is 2. The number of nitrogens with zero attached hydrogens (tertiary/aromatic N) is 1. The van der Waals surface area contributed by atoms with Crippen LogP contribution in [0, 0.1) is 13.8 Å². The van der Waals surface area contributed by atoms with Gasteiger partial charge in [0.05, 0.1) is 10.9 Å². The Labute approximate surface area is 143 Å². The van der Waals surface area contributed by atoms with E-state index in [0.29, 0.717) is 24.9 Å². The van der Waals surface area contributed by atoms with Crippen LogP contribution in [0.2, 0.25) is 0 Å². The minimum Gasteiger partial charge on any atom is -0.292 e. The molecule has 4 nitrogen and oxygen atoms in total. The van der Waals surface area contributed by atoms with Crippen LogP contribution >= 0.6 is 0 Å². The lowest BCUT2D eigenvalue weighted by molar-refractivity contribution is 0.0918. The molecule has 2 aromatic rings. The molecule has 1 aliphatic rings. The van der Waals surface area contributed by atoms with Gasteiger partial charge in [0.25, 0.3) is 0 Å². The molecule has 0 N–H and O–H groups in total. The molecule has 1 unspecified atom stereocenters. The molecular formula is C19H21NO3S. The van der Waals surface area contributed by atoms with E-state index in [1.54, 1.807) is 36.4 Å². The molecule has 5 heteroatoms. The zero-order chi connectivity index (χ0) is 17.3. The average molecular weight is 343 g/mol. The van der Waals surface area contributed by atoms with Crippen LogP contribution in [0.5, 0.6) is 0 Å². The minimum absolute atomic E-state index is 0.125. The summed E-state index contributed by atoms with van der Waals surface area (Å²) in [5.41, 5.74) is 2.54. The summed E-state index contributed by atoms with van der Waals surface area (Å²) < 4.78 is 27.4. The van der Waals surface area contributed by atoms with Gasteiger partial charge in [0.1, 0.15) is 0 Å². The molecule has 0 bridgehead atoms. The fourth-order valence-electron chi connectivity index (χ4n) is 3.09. The number of benzene rings is 2. The second-order valence-corrected chi connectivity index (χ2v) is 8.14. The second kappa shape index (κ2) is 6.49. The molecule has 3 rings (SSSR count). The third kappa shape index (κ3) is 3.01. The Kier molecular flexibility index (Phi) is 4.56. The van der Waals surface area contributed by atoms with E-state index < -0.39 is 16.1 Å². The van der Waals surface area contributed by atoms with Crippen molar-refractivity contribution in [3.8, 4) is 0 Å². The summed E-state index contributed by atoms with van der Waals surface area (Å²) >= 11 is 0. The normalized spacial score (nSPS) is 18.7. The van der Waals surface area contributed by atoms with Crippen molar-refractivity contribution in [3.05, 3.63) is 65.2 Å². The van der Waals surface area contributed by atoms with E-state index in [1.165, 1.54) is 4.31 Å².